The second-order valence-corrected chi connectivity index (χ2v) is 8.23. The van der Waals surface area contributed by atoms with Gasteiger partial charge < -0.3 is 0 Å². The number of hydrogen-bond donors (Lipinski definition) is 0. The Morgan fingerprint density at radius 2 is 1.84 bits per heavy atom. The average Bonchev–Trinajstić information content (AvgIpc) is 2.69. The van der Waals surface area contributed by atoms with E-state index in [1.807, 2.05) is 12.1 Å². The molecule has 0 fully saturated rings. The summed E-state index contributed by atoms with van der Waals surface area (Å²) in [6, 6.07) is 5.40. The highest BCUT2D eigenvalue weighted by Gasteiger charge is 2.27. The van der Waals surface area contributed by atoms with Crippen LogP contribution in [0.15, 0.2) is 14.7 Å². The summed E-state index contributed by atoms with van der Waals surface area (Å²) in [5, 5.41) is 17.2. The number of sulfonamides is 1. The van der Waals surface area contributed by atoms with Crippen molar-refractivity contribution in [2.75, 3.05) is 13.1 Å². The molecule has 102 valence electrons. The Morgan fingerprint density at radius 1 is 1.32 bits per heavy atom. The maximum Gasteiger partial charge on any atom is 0.244 e. The van der Waals surface area contributed by atoms with Gasteiger partial charge in [0.1, 0.15) is 0 Å². The van der Waals surface area contributed by atoms with Gasteiger partial charge in [0.2, 0.25) is 10.0 Å². The average molecular weight is 362 g/mol. The first kappa shape index (κ1) is 16.1. The Labute approximate surface area is 125 Å². The van der Waals surface area contributed by atoms with Crippen molar-refractivity contribution in [2.24, 2.45) is 0 Å². The maximum absolute atomic E-state index is 12.5. The lowest BCUT2D eigenvalue weighted by Gasteiger charge is -2.19. The summed E-state index contributed by atoms with van der Waals surface area (Å²) in [5.74, 6) is 0. The monoisotopic (exact) mass is 361 g/mol. The Hall–Kier alpha value is -0.930. The van der Waals surface area contributed by atoms with E-state index in [-0.39, 0.29) is 30.8 Å². The van der Waals surface area contributed by atoms with Gasteiger partial charge in [-0.3, -0.25) is 0 Å². The van der Waals surface area contributed by atoms with Gasteiger partial charge in [-0.2, -0.15) is 14.8 Å². The van der Waals surface area contributed by atoms with Crippen molar-refractivity contribution >= 4 is 37.3 Å². The molecular weight excluding hydrogens is 350 g/mol. The Balaban J connectivity index is 3.09. The third-order valence-corrected chi connectivity index (χ3v) is 6.11. The first-order valence-electron chi connectivity index (χ1n) is 5.43. The van der Waals surface area contributed by atoms with Gasteiger partial charge in [0, 0.05) is 30.8 Å². The highest BCUT2D eigenvalue weighted by atomic mass is 79.9. The molecule has 0 aliphatic heterocycles. The zero-order valence-electron chi connectivity index (χ0n) is 10.3. The number of aryl methyl sites for hydroxylation is 1. The largest absolute Gasteiger partial charge is 0.244 e. The Bertz CT molecular complexity index is 607. The van der Waals surface area contributed by atoms with Gasteiger partial charge in [-0.15, -0.1) is 11.3 Å². The number of thiophene rings is 1. The Morgan fingerprint density at radius 3 is 2.21 bits per heavy atom. The number of nitriles is 2. The summed E-state index contributed by atoms with van der Waals surface area (Å²) >= 11 is 4.60. The molecule has 19 heavy (non-hydrogen) atoms. The number of nitrogens with zero attached hydrogens (tertiary/aromatic N) is 3. The minimum Gasteiger partial charge on any atom is -0.207 e. The van der Waals surface area contributed by atoms with Crippen LogP contribution in [0.1, 0.15) is 17.7 Å². The van der Waals surface area contributed by atoms with E-state index in [4.69, 9.17) is 10.5 Å². The lowest BCUT2D eigenvalue weighted by molar-refractivity contribution is 0.425. The predicted octanol–water partition coefficient (Wildman–Crippen LogP) is 2.64. The van der Waals surface area contributed by atoms with E-state index < -0.39 is 10.0 Å². The smallest absolute Gasteiger partial charge is 0.207 e. The van der Waals surface area contributed by atoms with Gasteiger partial charge >= 0.3 is 0 Å². The molecule has 0 bridgehead atoms. The molecule has 0 radical (unpaired) electrons. The van der Waals surface area contributed by atoms with E-state index in [1.54, 1.807) is 13.0 Å². The molecule has 0 unspecified atom stereocenters. The summed E-state index contributed by atoms with van der Waals surface area (Å²) in [7, 11) is -3.64. The van der Waals surface area contributed by atoms with Crippen molar-refractivity contribution in [3.8, 4) is 12.1 Å². The lowest BCUT2D eigenvalue weighted by atomic mass is 10.4. The quantitative estimate of drug-likeness (QED) is 0.779. The molecule has 0 saturated heterocycles. The third-order valence-electron chi connectivity index (χ3n) is 2.41. The minimum atomic E-state index is -3.64. The molecule has 0 saturated carbocycles. The van der Waals surface area contributed by atoms with Crippen LogP contribution in [0.2, 0.25) is 0 Å². The zero-order chi connectivity index (χ0) is 14.5. The first-order chi connectivity index (χ1) is 8.93. The van der Waals surface area contributed by atoms with Crippen LogP contribution in [-0.2, 0) is 10.0 Å². The molecule has 1 rings (SSSR count). The fourth-order valence-corrected chi connectivity index (χ4v) is 5.35. The molecule has 1 aromatic heterocycles. The van der Waals surface area contributed by atoms with Crippen LogP contribution in [0.3, 0.4) is 0 Å². The topological polar surface area (TPSA) is 85.0 Å². The molecule has 0 N–H and O–H groups in total. The van der Waals surface area contributed by atoms with Crippen molar-refractivity contribution in [1.29, 1.82) is 10.5 Å². The Kier molecular flexibility index (Phi) is 5.95. The first-order valence-corrected chi connectivity index (χ1v) is 8.48. The summed E-state index contributed by atoms with van der Waals surface area (Å²) in [6.07, 6.45) is 0.212. The summed E-state index contributed by atoms with van der Waals surface area (Å²) in [5.41, 5.74) is 0. The van der Waals surface area contributed by atoms with E-state index in [0.717, 1.165) is 3.79 Å². The van der Waals surface area contributed by atoms with Gasteiger partial charge in [-0.25, -0.2) is 8.42 Å². The van der Waals surface area contributed by atoms with Crippen molar-refractivity contribution in [2.45, 2.75) is 24.7 Å². The SMILES string of the molecule is Cc1sc(Br)cc1S(=O)(=O)N(CCC#N)CCC#N. The normalized spacial score (nSPS) is 11.2. The summed E-state index contributed by atoms with van der Waals surface area (Å²) < 4.78 is 26.9. The van der Waals surface area contributed by atoms with Gasteiger partial charge in [-0.05, 0) is 28.9 Å². The van der Waals surface area contributed by atoms with Gasteiger partial charge in [-0.1, -0.05) is 0 Å². The molecule has 5 nitrogen and oxygen atoms in total. The van der Waals surface area contributed by atoms with Crippen LogP contribution in [0.4, 0.5) is 0 Å². The van der Waals surface area contributed by atoms with Crippen molar-refractivity contribution in [1.82, 2.24) is 4.31 Å². The van der Waals surface area contributed by atoms with Gasteiger partial charge in [0.15, 0.2) is 0 Å². The molecule has 0 amide bonds. The fraction of sp³-hybridized carbons (Fsp3) is 0.455. The fourth-order valence-electron chi connectivity index (χ4n) is 1.53. The van der Waals surface area contributed by atoms with Crippen molar-refractivity contribution < 1.29 is 8.42 Å². The van der Waals surface area contributed by atoms with E-state index in [2.05, 4.69) is 15.9 Å². The maximum atomic E-state index is 12.5. The zero-order valence-corrected chi connectivity index (χ0v) is 13.5. The molecule has 0 aromatic carbocycles. The van der Waals surface area contributed by atoms with E-state index in [0.29, 0.717) is 4.88 Å². The van der Waals surface area contributed by atoms with Crippen molar-refractivity contribution in [3.63, 3.8) is 0 Å². The summed E-state index contributed by atoms with van der Waals surface area (Å²) in [6.45, 7) is 1.94. The molecule has 0 atom stereocenters. The van der Waals surface area contributed by atoms with E-state index in [9.17, 15) is 8.42 Å². The van der Waals surface area contributed by atoms with Crippen LogP contribution in [0, 0.1) is 29.6 Å². The molecule has 0 spiro atoms. The number of halogens is 1. The highest BCUT2D eigenvalue weighted by molar-refractivity contribution is 9.11. The second kappa shape index (κ2) is 7.01. The number of rotatable bonds is 6. The van der Waals surface area contributed by atoms with Crippen LogP contribution >= 0.6 is 27.3 Å². The standard InChI is InChI=1S/C11H12BrN3O2S2/c1-9-10(8-11(12)18-9)19(16,17)15(6-2-4-13)7-3-5-14/h8H,2-3,6-7H2,1H3. The van der Waals surface area contributed by atoms with Crippen molar-refractivity contribution in [3.05, 3.63) is 14.7 Å². The molecular formula is C11H12BrN3O2S2. The van der Waals surface area contributed by atoms with Gasteiger partial charge in [0.05, 0.1) is 20.8 Å². The minimum absolute atomic E-state index is 0.105. The van der Waals surface area contributed by atoms with Crippen LogP contribution in [-0.4, -0.2) is 25.8 Å². The third kappa shape index (κ3) is 4.02. The number of hydrogen-bond acceptors (Lipinski definition) is 5. The molecule has 1 aromatic rings. The van der Waals surface area contributed by atoms with Crippen LogP contribution in [0.5, 0.6) is 0 Å². The second-order valence-electron chi connectivity index (χ2n) is 3.69. The molecule has 1 heterocycles. The summed E-state index contributed by atoms with van der Waals surface area (Å²) in [4.78, 5) is 0.922. The van der Waals surface area contributed by atoms with Crippen LogP contribution < -0.4 is 0 Å². The van der Waals surface area contributed by atoms with E-state index in [1.165, 1.54) is 15.6 Å². The predicted molar refractivity (Wildman–Crippen MR) is 76.0 cm³/mol. The van der Waals surface area contributed by atoms with Crippen LogP contribution in [0.25, 0.3) is 0 Å². The highest BCUT2D eigenvalue weighted by Crippen LogP contribution is 2.31. The van der Waals surface area contributed by atoms with E-state index >= 15 is 0 Å². The molecule has 0 aliphatic carbocycles. The van der Waals surface area contributed by atoms with Gasteiger partial charge in [0.25, 0.3) is 0 Å². The molecule has 0 aliphatic rings. The molecule has 8 heteroatoms. The lowest BCUT2D eigenvalue weighted by Crippen LogP contribution is -2.33.